The van der Waals surface area contributed by atoms with Crippen molar-refractivity contribution in [2.75, 3.05) is 10.5 Å². The first-order valence-electron chi connectivity index (χ1n) is 5.47. The molecule has 1 aromatic carbocycles. The molecule has 0 atom stereocenters. The highest BCUT2D eigenvalue weighted by molar-refractivity contribution is 7.92. The fourth-order valence-corrected chi connectivity index (χ4v) is 3.01. The molecular formula is C12H8Cl2N4O2S. The summed E-state index contributed by atoms with van der Waals surface area (Å²) in [6, 6.07) is 7.28. The molecule has 0 radical (unpaired) electrons. The molecule has 0 bridgehead atoms. The van der Waals surface area contributed by atoms with E-state index in [0.29, 0.717) is 5.56 Å². The molecule has 2 rings (SSSR count). The predicted octanol–water partition coefficient (Wildman–Crippen LogP) is 2.64. The summed E-state index contributed by atoms with van der Waals surface area (Å²) in [4.78, 5) is 3.54. The van der Waals surface area contributed by atoms with E-state index in [4.69, 9.17) is 34.2 Å². The van der Waals surface area contributed by atoms with Gasteiger partial charge < -0.3 is 5.73 Å². The summed E-state index contributed by atoms with van der Waals surface area (Å²) < 4.78 is 26.7. The predicted molar refractivity (Wildman–Crippen MR) is 80.6 cm³/mol. The molecule has 9 heteroatoms. The van der Waals surface area contributed by atoms with Gasteiger partial charge in [-0.15, -0.1) is 0 Å². The Morgan fingerprint density at radius 1 is 1.24 bits per heavy atom. The number of anilines is 2. The van der Waals surface area contributed by atoms with Crippen LogP contribution in [0.2, 0.25) is 10.0 Å². The number of nitrogens with two attached hydrogens (primary N) is 1. The molecule has 1 aromatic heterocycles. The maximum atomic E-state index is 12.2. The van der Waals surface area contributed by atoms with E-state index in [2.05, 4.69) is 9.71 Å². The second-order valence-corrected chi connectivity index (χ2v) is 6.45. The SMILES string of the molecule is N#Cc1ccc(NS(=O)(=O)c2cnc(N)c(Cl)c2)c(Cl)c1. The van der Waals surface area contributed by atoms with Crippen LogP contribution in [-0.2, 0) is 10.0 Å². The smallest absolute Gasteiger partial charge is 0.263 e. The van der Waals surface area contributed by atoms with Crippen LogP contribution in [-0.4, -0.2) is 13.4 Å². The highest BCUT2D eigenvalue weighted by Gasteiger charge is 2.17. The Kier molecular flexibility index (Phi) is 4.23. The van der Waals surface area contributed by atoms with Gasteiger partial charge in [0.1, 0.15) is 10.7 Å². The summed E-state index contributed by atoms with van der Waals surface area (Å²) in [5, 5.41) is 8.87. The van der Waals surface area contributed by atoms with Gasteiger partial charge in [-0.1, -0.05) is 23.2 Å². The normalized spacial score (nSPS) is 10.9. The topological polar surface area (TPSA) is 109 Å². The standard InChI is InChI=1S/C12H8Cl2N4O2S/c13-9-3-7(5-15)1-2-11(9)18-21(19,20)8-4-10(14)12(16)17-6-8/h1-4,6,18H,(H2,16,17). The molecule has 0 saturated heterocycles. The van der Waals surface area contributed by atoms with Crippen LogP contribution in [0, 0.1) is 11.3 Å². The minimum atomic E-state index is -3.91. The number of nitrogens with zero attached hydrogens (tertiary/aromatic N) is 2. The van der Waals surface area contributed by atoms with Crippen molar-refractivity contribution in [1.29, 1.82) is 5.26 Å². The number of nitriles is 1. The number of pyridine rings is 1. The molecule has 0 aliphatic heterocycles. The van der Waals surface area contributed by atoms with Gasteiger partial charge in [0.2, 0.25) is 0 Å². The van der Waals surface area contributed by atoms with Crippen LogP contribution < -0.4 is 10.5 Å². The van der Waals surface area contributed by atoms with Gasteiger partial charge in [-0.25, -0.2) is 13.4 Å². The number of rotatable bonds is 3. The first-order chi connectivity index (χ1) is 9.83. The first-order valence-corrected chi connectivity index (χ1v) is 7.71. The average molecular weight is 343 g/mol. The van der Waals surface area contributed by atoms with Crippen molar-refractivity contribution in [3.63, 3.8) is 0 Å². The molecule has 108 valence electrons. The van der Waals surface area contributed by atoms with E-state index < -0.39 is 10.0 Å². The molecule has 1 heterocycles. The fourth-order valence-electron chi connectivity index (χ4n) is 1.45. The van der Waals surface area contributed by atoms with E-state index in [1.165, 1.54) is 24.3 Å². The van der Waals surface area contributed by atoms with Gasteiger partial charge in [0, 0.05) is 6.20 Å². The quantitative estimate of drug-likeness (QED) is 0.890. The highest BCUT2D eigenvalue weighted by atomic mass is 35.5. The molecule has 2 aromatic rings. The van der Waals surface area contributed by atoms with Crippen molar-refractivity contribution >= 4 is 44.7 Å². The number of nitrogens with one attached hydrogen (secondary N) is 1. The van der Waals surface area contributed by atoms with Crippen molar-refractivity contribution in [3.8, 4) is 6.07 Å². The Hall–Kier alpha value is -2.01. The lowest BCUT2D eigenvalue weighted by Gasteiger charge is -2.10. The average Bonchev–Trinajstić information content (AvgIpc) is 2.43. The fraction of sp³-hybridized carbons (Fsp3) is 0. The van der Waals surface area contributed by atoms with Gasteiger partial charge in [0.15, 0.2) is 0 Å². The molecule has 0 saturated carbocycles. The zero-order chi connectivity index (χ0) is 15.6. The molecule has 0 aliphatic rings. The zero-order valence-corrected chi connectivity index (χ0v) is 12.7. The Morgan fingerprint density at radius 2 is 1.95 bits per heavy atom. The van der Waals surface area contributed by atoms with Crippen molar-refractivity contribution < 1.29 is 8.42 Å². The summed E-state index contributed by atoms with van der Waals surface area (Å²) in [7, 11) is -3.91. The summed E-state index contributed by atoms with van der Waals surface area (Å²) in [5.74, 6) is 0.0343. The minimum Gasteiger partial charge on any atom is -0.382 e. The highest BCUT2D eigenvalue weighted by Crippen LogP contribution is 2.27. The molecule has 0 amide bonds. The maximum absolute atomic E-state index is 12.2. The maximum Gasteiger partial charge on any atom is 0.263 e. The third-order valence-corrected chi connectivity index (χ3v) is 4.45. The third-order valence-electron chi connectivity index (χ3n) is 2.50. The number of sulfonamides is 1. The van der Waals surface area contributed by atoms with Crippen LogP contribution in [0.5, 0.6) is 0 Å². The van der Waals surface area contributed by atoms with Crippen LogP contribution in [0.15, 0.2) is 35.4 Å². The second kappa shape index (κ2) is 5.77. The van der Waals surface area contributed by atoms with E-state index in [9.17, 15) is 8.42 Å². The Labute approximate surface area is 131 Å². The van der Waals surface area contributed by atoms with Crippen molar-refractivity contribution in [2.45, 2.75) is 4.90 Å². The van der Waals surface area contributed by atoms with Crippen LogP contribution in [0.3, 0.4) is 0 Å². The summed E-state index contributed by atoms with van der Waals surface area (Å²) in [6.45, 7) is 0. The van der Waals surface area contributed by atoms with Crippen molar-refractivity contribution in [2.24, 2.45) is 0 Å². The minimum absolute atomic E-state index is 0.0313. The van der Waals surface area contributed by atoms with Gasteiger partial charge in [-0.2, -0.15) is 5.26 Å². The monoisotopic (exact) mass is 342 g/mol. The summed E-state index contributed by atoms with van der Waals surface area (Å²) in [6.07, 6.45) is 1.08. The van der Waals surface area contributed by atoms with Crippen molar-refractivity contribution in [1.82, 2.24) is 4.98 Å². The first kappa shape index (κ1) is 15.4. The molecular weight excluding hydrogens is 335 g/mol. The number of halogens is 2. The molecule has 0 spiro atoms. The van der Waals surface area contributed by atoms with Crippen LogP contribution in [0.1, 0.15) is 5.56 Å². The molecule has 0 aliphatic carbocycles. The molecule has 6 nitrogen and oxygen atoms in total. The van der Waals surface area contributed by atoms with E-state index in [1.807, 2.05) is 6.07 Å². The third kappa shape index (κ3) is 3.36. The Morgan fingerprint density at radius 3 is 2.52 bits per heavy atom. The van der Waals surface area contributed by atoms with Crippen LogP contribution in [0.4, 0.5) is 11.5 Å². The lowest BCUT2D eigenvalue weighted by atomic mass is 10.2. The van der Waals surface area contributed by atoms with Gasteiger partial charge in [0.05, 0.1) is 27.4 Å². The van der Waals surface area contributed by atoms with Gasteiger partial charge in [-0.3, -0.25) is 4.72 Å². The zero-order valence-electron chi connectivity index (χ0n) is 10.3. The number of hydrogen-bond donors (Lipinski definition) is 2. The molecule has 0 unspecified atom stereocenters. The van der Waals surface area contributed by atoms with E-state index in [1.54, 1.807) is 0 Å². The molecule has 21 heavy (non-hydrogen) atoms. The summed E-state index contributed by atoms with van der Waals surface area (Å²) >= 11 is 11.7. The van der Waals surface area contributed by atoms with Crippen LogP contribution >= 0.6 is 23.2 Å². The summed E-state index contributed by atoms with van der Waals surface area (Å²) in [5.41, 5.74) is 5.89. The number of hydrogen-bond acceptors (Lipinski definition) is 5. The van der Waals surface area contributed by atoms with Gasteiger partial charge in [0.25, 0.3) is 10.0 Å². The molecule has 0 fully saturated rings. The molecule has 3 N–H and O–H groups in total. The number of aromatic nitrogens is 1. The largest absolute Gasteiger partial charge is 0.382 e. The van der Waals surface area contributed by atoms with E-state index >= 15 is 0 Å². The van der Waals surface area contributed by atoms with E-state index in [-0.39, 0.29) is 26.4 Å². The number of benzene rings is 1. The second-order valence-electron chi connectivity index (χ2n) is 3.95. The Bertz CT molecular complexity index is 847. The van der Waals surface area contributed by atoms with Crippen LogP contribution in [0.25, 0.3) is 0 Å². The lowest BCUT2D eigenvalue weighted by molar-refractivity contribution is 0.601. The lowest BCUT2D eigenvalue weighted by Crippen LogP contribution is -2.14. The van der Waals surface area contributed by atoms with Gasteiger partial charge in [-0.05, 0) is 24.3 Å². The Balaban J connectivity index is 2.37. The van der Waals surface area contributed by atoms with Crippen molar-refractivity contribution in [3.05, 3.63) is 46.1 Å². The van der Waals surface area contributed by atoms with Gasteiger partial charge >= 0.3 is 0 Å². The number of nitrogen functional groups attached to an aromatic ring is 1. The van der Waals surface area contributed by atoms with E-state index in [0.717, 1.165) is 6.20 Å².